The number of benzene rings is 3. The summed E-state index contributed by atoms with van der Waals surface area (Å²) < 4.78 is 12.1. The van der Waals surface area contributed by atoms with Gasteiger partial charge in [0.1, 0.15) is 0 Å². The van der Waals surface area contributed by atoms with Gasteiger partial charge in [0.25, 0.3) is 0 Å². The second-order valence-electron chi connectivity index (χ2n) is 11.0. The van der Waals surface area contributed by atoms with E-state index < -0.39 is 0 Å². The lowest BCUT2D eigenvalue weighted by Crippen LogP contribution is -2.10. The van der Waals surface area contributed by atoms with Crippen molar-refractivity contribution in [1.29, 1.82) is 0 Å². The third-order valence-corrected chi connectivity index (χ3v) is 6.23. The van der Waals surface area contributed by atoms with Crippen LogP contribution in [0, 0.1) is 0 Å². The van der Waals surface area contributed by atoms with Crippen LogP contribution in [0.15, 0.2) is 81.6 Å². The molecule has 0 unspecified atom stereocenters. The molecule has 5 rings (SSSR count). The molecule has 6 nitrogen and oxygen atoms in total. The summed E-state index contributed by atoms with van der Waals surface area (Å²) in [6, 6.07) is 24.1. The molecule has 5 aromatic rings. The fraction of sp³-hybridized carbons (Fsp3) is 0.267. The van der Waals surface area contributed by atoms with E-state index in [-0.39, 0.29) is 10.8 Å². The first-order valence-corrected chi connectivity index (χ1v) is 12.1. The molecule has 182 valence electrons. The second kappa shape index (κ2) is 8.86. The van der Waals surface area contributed by atoms with Gasteiger partial charge < -0.3 is 8.83 Å². The fourth-order valence-electron chi connectivity index (χ4n) is 3.98. The van der Waals surface area contributed by atoms with Crippen LogP contribution in [0.1, 0.15) is 52.7 Å². The molecule has 0 N–H and O–H groups in total. The summed E-state index contributed by atoms with van der Waals surface area (Å²) >= 11 is 0. The zero-order chi connectivity index (χ0) is 25.5. The highest BCUT2D eigenvalue weighted by molar-refractivity contribution is 5.76. The first-order chi connectivity index (χ1) is 17.1. The molecule has 6 heteroatoms. The summed E-state index contributed by atoms with van der Waals surface area (Å²) in [4.78, 5) is 0. The minimum absolute atomic E-state index is 0.0784. The summed E-state index contributed by atoms with van der Waals surface area (Å²) in [7, 11) is 0. The van der Waals surface area contributed by atoms with Gasteiger partial charge in [-0.2, -0.15) is 0 Å². The SMILES string of the molecule is CC(C)(C)c1ccc(-c2nnc(-c3ccccc3-c3nnc(-c4ccc(C(C)(C)C)cc4)o3)o2)cc1. The zero-order valence-electron chi connectivity index (χ0n) is 21.5. The zero-order valence-corrected chi connectivity index (χ0v) is 21.5. The van der Waals surface area contributed by atoms with E-state index in [2.05, 4.69) is 86.2 Å². The van der Waals surface area contributed by atoms with Gasteiger partial charge in [0.05, 0.1) is 11.1 Å². The first kappa shape index (κ1) is 23.7. The Kier molecular flexibility index (Phi) is 5.83. The lowest BCUT2D eigenvalue weighted by molar-refractivity contribution is 0.576. The molecule has 0 aliphatic heterocycles. The Bertz CT molecular complexity index is 1370. The molecule has 2 heterocycles. The van der Waals surface area contributed by atoms with Gasteiger partial charge in [-0.1, -0.05) is 77.9 Å². The molecule has 2 aromatic heterocycles. The van der Waals surface area contributed by atoms with Crippen LogP contribution in [0.5, 0.6) is 0 Å². The van der Waals surface area contributed by atoms with Crippen LogP contribution in [0.3, 0.4) is 0 Å². The highest BCUT2D eigenvalue weighted by atomic mass is 16.4. The molecule has 0 radical (unpaired) electrons. The van der Waals surface area contributed by atoms with Crippen LogP contribution in [0.4, 0.5) is 0 Å². The monoisotopic (exact) mass is 478 g/mol. The van der Waals surface area contributed by atoms with E-state index in [4.69, 9.17) is 8.83 Å². The molecule has 36 heavy (non-hydrogen) atoms. The number of hydrogen-bond donors (Lipinski definition) is 0. The van der Waals surface area contributed by atoms with Crippen molar-refractivity contribution in [3.8, 4) is 45.8 Å². The minimum Gasteiger partial charge on any atom is -0.416 e. The minimum atomic E-state index is 0.0784. The Labute approximate surface area is 211 Å². The quantitative estimate of drug-likeness (QED) is 0.263. The Morgan fingerprint density at radius 1 is 0.444 bits per heavy atom. The first-order valence-electron chi connectivity index (χ1n) is 12.1. The van der Waals surface area contributed by atoms with Crippen LogP contribution < -0.4 is 0 Å². The van der Waals surface area contributed by atoms with Crippen molar-refractivity contribution < 1.29 is 8.83 Å². The third kappa shape index (κ3) is 4.71. The van der Waals surface area contributed by atoms with E-state index in [0.717, 1.165) is 22.3 Å². The van der Waals surface area contributed by atoms with Crippen molar-refractivity contribution in [2.75, 3.05) is 0 Å². The van der Waals surface area contributed by atoms with Crippen LogP contribution in [0.2, 0.25) is 0 Å². The molecule has 3 aromatic carbocycles. The van der Waals surface area contributed by atoms with Crippen molar-refractivity contribution in [3.63, 3.8) is 0 Å². The van der Waals surface area contributed by atoms with Gasteiger partial charge in [0, 0.05) is 11.1 Å². The summed E-state index contributed by atoms with van der Waals surface area (Å²) in [5.74, 6) is 1.72. The van der Waals surface area contributed by atoms with E-state index >= 15 is 0 Å². The lowest BCUT2D eigenvalue weighted by Gasteiger charge is -2.18. The average Bonchev–Trinajstić information content (AvgIpc) is 3.54. The lowest BCUT2D eigenvalue weighted by atomic mass is 9.87. The predicted molar refractivity (Wildman–Crippen MR) is 141 cm³/mol. The Balaban J connectivity index is 1.44. The van der Waals surface area contributed by atoms with Gasteiger partial charge in [-0.15, -0.1) is 20.4 Å². The number of nitrogens with zero attached hydrogens (tertiary/aromatic N) is 4. The molecule has 0 saturated heterocycles. The Hall–Kier alpha value is -4.06. The summed E-state index contributed by atoms with van der Waals surface area (Å²) in [6.45, 7) is 13.1. The summed E-state index contributed by atoms with van der Waals surface area (Å²) in [6.07, 6.45) is 0. The summed E-state index contributed by atoms with van der Waals surface area (Å²) in [5.41, 5.74) is 5.87. The van der Waals surface area contributed by atoms with Crippen LogP contribution in [-0.4, -0.2) is 20.4 Å². The van der Waals surface area contributed by atoms with Crippen molar-refractivity contribution in [3.05, 3.63) is 83.9 Å². The molecule has 0 aliphatic carbocycles. The normalized spacial score (nSPS) is 12.2. The number of aromatic nitrogens is 4. The van der Waals surface area contributed by atoms with E-state index in [1.807, 2.05) is 48.5 Å². The van der Waals surface area contributed by atoms with Gasteiger partial charge in [-0.3, -0.25) is 0 Å². The molecule has 0 amide bonds. The molecule has 0 atom stereocenters. The molecule has 0 spiro atoms. The van der Waals surface area contributed by atoms with E-state index in [1.165, 1.54) is 11.1 Å². The molecular formula is C30H30N4O2. The van der Waals surface area contributed by atoms with Gasteiger partial charge in [-0.25, -0.2) is 0 Å². The van der Waals surface area contributed by atoms with Crippen molar-refractivity contribution in [2.24, 2.45) is 0 Å². The second-order valence-corrected chi connectivity index (χ2v) is 11.0. The smallest absolute Gasteiger partial charge is 0.248 e. The van der Waals surface area contributed by atoms with Crippen LogP contribution in [0.25, 0.3) is 45.8 Å². The summed E-state index contributed by atoms with van der Waals surface area (Å²) in [5, 5.41) is 17.2. The highest BCUT2D eigenvalue weighted by Crippen LogP contribution is 2.34. The number of hydrogen-bond acceptors (Lipinski definition) is 6. The Morgan fingerprint density at radius 2 is 0.778 bits per heavy atom. The maximum absolute atomic E-state index is 6.07. The van der Waals surface area contributed by atoms with Crippen LogP contribution in [-0.2, 0) is 10.8 Å². The number of rotatable bonds is 4. The van der Waals surface area contributed by atoms with Crippen LogP contribution >= 0.6 is 0 Å². The van der Waals surface area contributed by atoms with Gasteiger partial charge in [0.15, 0.2) is 0 Å². The predicted octanol–water partition coefficient (Wildman–Crippen LogP) is 7.72. The van der Waals surface area contributed by atoms with Gasteiger partial charge in [-0.05, 0) is 58.4 Å². The molecule has 0 saturated carbocycles. The molecule has 0 aliphatic rings. The van der Waals surface area contributed by atoms with Gasteiger partial charge in [0.2, 0.25) is 23.6 Å². The van der Waals surface area contributed by atoms with Gasteiger partial charge >= 0.3 is 0 Å². The van der Waals surface area contributed by atoms with E-state index in [0.29, 0.717) is 23.6 Å². The molecule has 0 fully saturated rings. The maximum atomic E-state index is 6.07. The maximum Gasteiger partial charge on any atom is 0.248 e. The van der Waals surface area contributed by atoms with Crippen molar-refractivity contribution in [1.82, 2.24) is 20.4 Å². The average molecular weight is 479 g/mol. The fourth-order valence-corrected chi connectivity index (χ4v) is 3.98. The Morgan fingerprint density at radius 3 is 1.11 bits per heavy atom. The van der Waals surface area contributed by atoms with E-state index in [9.17, 15) is 0 Å². The standard InChI is InChI=1S/C30H30N4O2/c1-29(2,3)21-15-11-19(12-16-21)25-31-33-27(35-25)23-9-7-8-10-24(23)28-34-32-26(36-28)20-13-17-22(18-14-20)30(4,5)6/h7-18H,1-6H3. The molecule has 0 bridgehead atoms. The molecular weight excluding hydrogens is 448 g/mol. The van der Waals surface area contributed by atoms with Crippen molar-refractivity contribution in [2.45, 2.75) is 52.4 Å². The van der Waals surface area contributed by atoms with Crippen molar-refractivity contribution >= 4 is 0 Å². The highest BCUT2D eigenvalue weighted by Gasteiger charge is 2.20. The third-order valence-electron chi connectivity index (χ3n) is 6.23. The van der Waals surface area contributed by atoms with E-state index in [1.54, 1.807) is 0 Å². The topological polar surface area (TPSA) is 77.8 Å². The largest absolute Gasteiger partial charge is 0.416 e.